The normalized spacial score (nSPS) is 12.9. The molecular formula is C24H20Cl2F2N2O4S. The van der Waals surface area contributed by atoms with Gasteiger partial charge in [0.2, 0.25) is 0 Å². The minimum absolute atomic E-state index is 0.0214. The number of aliphatic hydroxyl groups excluding tert-OH is 1. The maximum atomic E-state index is 12.9. The highest BCUT2D eigenvalue weighted by atomic mass is 35.5. The molecule has 4 rings (SSSR count). The molecule has 6 nitrogen and oxygen atoms in total. The van der Waals surface area contributed by atoms with Gasteiger partial charge in [-0.05, 0) is 29.8 Å². The van der Waals surface area contributed by atoms with Gasteiger partial charge in [-0.2, -0.15) is 8.78 Å². The molecule has 3 aromatic carbocycles. The number of fused-ring (bicyclic) bond motifs is 1. The Morgan fingerprint density at radius 2 is 1.80 bits per heavy atom. The van der Waals surface area contributed by atoms with Gasteiger partial charge in [0.05, 0.1) is 38.7 Å². The highest BCUT2D eigenvalue weighted by molar-refractivity contribution is 7.91. The molecule has 35 heavy (non-hydrogen) atoms. The van der Waals surface area contributed by atoms with E-state index in [-0.39, 0.29) is 44.2 Å². The summed E-state index contributed by atoms with van der Waals surface area (Å²) in [5.41, 5.74) is 2.01. The molecule has 0 bridgehead atoms. The minimum atomic E-state index is -3.36. The fourth-order valence-electron chi connectivity index (χ4n) is 3.81. The molecule has 0 aliphatic rings. The van der Waals surface area contributed by atoms with Gasteiger partial charge in [-0.1, -0.05) is 60.5 Å². The summed E-state index contributed by atoms with van der Waals surface area (Å²) in [5.74, 6) is -0.335. The van der Waals surface area contributed by atoms with E-state index in [0.717, 1.165) is 0 Å². The van der Waals surface area contributed by atoms with Crippen molar-refractivity contribution in [1.29, 1.82) is 0 Å². The number of nitrogens with one attached hydrogen (secondary N) is 1. The van der Waals surface area contributed by atoms with E-state index >= 15 is 0 Å². The number of ether oxygens (including phenoxy) is 1. The highest BCUT2D eigenvalue weighted by Gasteiger charge is 2.23. The lowest BCUT2D eigenvalue weighted by atomic mass is 9.99. The van der Waals surface area contributed by atoms with Crippen molar-refractivity contribution in [1.82, 2.24) is 9.97 Å². The molecule has 1 atom stereocenters. The van der Waals surface area contributed by atoms with E-state index in [1.165, 1.54) is 18.2 Å². The summed E-state index contributed by atoms with van der Waals surface area (Å²) in [5, 5.41) is 10.4. The molecule has 0 aliphatic heterocycles. The average Bonchev–Trinajstić information content (AvgIpc) is 3.24. The second kappa shape index (κ2) is 10.1. The monoisotopic (exact) mass is 540 g/mol. The molecule has 1 heterocycles. The number of nitrogens with zero attached hydrogens (tertiary/aromatic N) is 1. The van der Waals surface area contributed by atoms with Crippen molar-refractivity contribution in [3.8, 4) is 16.9 Å². The number of imidazole rings is 1. The molecule has 0 saturated heterocycles. The van der Waals surface area contributed by atoms with Gasteiger partial charge in [0.25, 0.3) is 0 Å². The standard InChI is InChI=1S/C24H20Cl2F2N2O4S/c1-2-35(32,33)14-9-7-13(8-10-14)16(12-31)23-29-18-11-17(25)20(21(26)22(18)30-23)15-5-3-4-6-19(15)34-24(27)28/h3-11,16,24,31H,2,12H2,1H3,(H,29,30). The smallest absolute Gasteiger partial charge is 0.387 e. The largest absolute Gasteiger partial charge is 0.434 e. The quantitative estimate of drug-likeness (QED) is 0.283. The number of para-hydroxylation sites is 1. The van der Waals surface area contributed by atoms with Gasteiger partial charge < -0.3 is 14.8 Å². The molecule has 2 N–H and O–H groups in total. The van der Waals surface area contributed by atoms with Crippen LogP contribution in [0.5, 0.6) is 5.75 Å². The number of aromatic amines is 1. The van der Waals surface area contributed by atoms with Crippen LogP contribution in [-0.4, -0.2) is 42.5 Å². The van der Waals surface area contributed by atoms with Gasteiger partial charge in [0.15, 0.2) is 9.84 Å². The Bertz CT molecular complexity index is 1480. The first kappa shape index (κ1) is 25.4. The Hall–Kier alpha value is -2.72. The van der Waals surface area contributed by atoms with E-state index < -0.39 is 22.4 Å². The lowest BCUT2D eigenvalue weighted by molar-refractivity contribution is -0.0494. The van der Waals surface area contributed by atoms with Crippen molar-refractivity contribution < 1.29 is 27.0 Å². The van der Waals surface area contributed by atoms with E-state index in [9.17, 15) is 22.3 Å². The van der Waals surface area contributed by atoms with Crippen LogP contribution in [0.2, 0.25) is 10.0 Å². The van der Waals surface area contributed by atoms with Crippen LogP contribution < -0.4 is 4.74 Å². The third-order valence-corrected chi connectivity index (χ3v) is 8.01. The number of aliphatic hydroxyl groups is 1. The molecule has 0 aliphatic carbocycles. The van der Waals surface area contributed by atoms with Crippen LogP contribution in [0, 0.1) is 0 Å². The number of aromatic nitrogens is 2. The van der Waals surface area contributed by atoms with Crippen LogP contribution in [0.25, 0.3) is 22.2 Å². The molecule has 0 saturated carbocycles. The van der Waals surface area contributed by atoms with Gasteiger partial charge in [-0.25, -0.2) is 13.4 Å². The SMILES string of the molecule is CCS(=O)(=O)c1ccc(C(CO)c2nc3c(Cl)c(-c4ccccc4OC(F)F)c(Cl)cc3[nH]2)cc1. The van der Waals surface area contributed by atoms with Crippen LogP contribution in [0.3, 0.4) is 0 Å². The Balaban J connectivity index is 1.79. The van der Waals surface area contributed by atoms with Crippen molar-refractivity contribution in [2.24, 2.45) is 0 Å². The molecule has 0 spiro atoms. The van der Waals surface area contributed by atoms with Gasteiger partial charge in [-0.15, -0.1) is 0 Å². The van der Waals surface area contributed by atoms with Crippen LogP contribution in [0.4, 0.5) is 8.78 Å². The van der Waals surface area contributed by atoms with Crippen molar-refractivity contribution in [2.75, 3.05) is 12.4 Å². The van der Waals surface area contributed by atoms with Crippen LogP contribution >= 0.6 is 23.2 Å². The summed E-state index contributed by atoms with van der Waals surface area (Å²) < 4.78 is 54.6. The summed E-state index contributed by atoms with van der Waals surface area (Å²) in [6.45, 7) is -1.78. The number of sulfone groups is 1. The molecule has 184 valence electrons. The minimum Gasteiger partial charge on any atom is -0.434 e. The lowest BCUT2D eigenvalue weighted by Crippen LogP contribution is -2.09. The third kappa shape index (κ3) is 4.99. The molecule has 4 aromatic rings. The summed E-state index contributed by atoms with van der Waals surface area (Å²) in [6.07, 6.45) is 0. The zero-order valence-electron chi connectivity index (χ0n) is 18.3. The van der Waals surface area contributed by atoms with Crippen LogP contribution in [-0.2, 0) is 9.84 Å². The first-order chi connectivity index (χ1) is 16.7. The Morgan fingerprint density at radius 1 is 1.11 bits per heavy atom. The molecule has 0 radical (unpaired) electrons. The maximum absolute atomic E-state index is 12.9. The number of rotatable bonds is 8. The molecule has 11 heteroatoms. The Kier molecular flexibility index (Phi) is 7.32. The fourth-order valence-corrected chi connectivity index (χ4v) is 5.39. The van der Waals surface area contributed by atoms with Crippen LogP contribution in [0.15, 0.2) is 59.5 Å². The highest BCUT2D eigenvalue weighted by Crippen LogP contribution is 2.43. The molecule has 0 amide bonds. The summed E-state index contributed by atoms with van der Waals surface area (Å²) in [4.78, 5) is 7.84. The first-order valence-electron chi connectivity index (χ1n) is 10.5. The molecule has 1 aromatic heterocycles. The first-order valence-corrected chi connectivity index (χ1v) is 12.9. The summed E-state index contributed by atoms with van der Waals surface area (Å²) in [7, 11) is -3.36. The van der Waals surface area contributed by atoms with E-state index in [1.807, 2.05) is 0 Å². The van der Waals surface area contributed by atoms with E-state index in [2.05, 4.69) is 14.7 Å². The van der Waals surface area contributed by atoms with E-state index in [1.54, 1.807) is 43.3 Å². The van der Waals surface area contributed by atoms with Crippen LogP contribution in [0.1, 0.15) is 24.2 Å². The Morgan fingerprint density at radius 3 is 2.43 bits per heavy atom. The number of benzene rings is 3. The van der Waals surface area contributed by atoms with E-state index in [4.69, 9.17) is 23.2 Å². The number of halogens is 4. The van der Waals surface area contributed by atoms with Gasteiger partial charge in [0, 0.05) is 11.1 Å². The topological polar surface area (TPSA) is 92.3 Å². The molecule has 0 fully saturated rings. The van der Waals surface area contributed by atoms with Crippen molar-refractivity contribution in [3.63, 3.8) is 0 Å². The summed E-state index contributed by atoms with van der Waals surface area (Å²) >= 11 is 13.1. The zero-order valence-corrected chi connectivity index (χ0v) is 20.6. The predicted octanol–water partition coefficient (Wildman–Crippen LogP) is 6.06. The number of hydrogen-bond donors (Lipinski definition) is 2. The van der Waals surface area contributed by atoms with Gasteiger partial charge in [0.1, 0.15) is 17.1 Å². The molecular weight excluding hydrogens is 521 g/mol. The van der Waals surface area contributed by atoms with Crippen molar-refractivity contribution in [2.45, 2.75) is 24.3 Å². The van der Waals surface area contributed by atoms with Gasteiger partial charge >= 0.3 is 6.61 Å². The van der Waals surface area contributed by atoms with Gasteiger partial charge in [-0.3, -0.25) is 0 Å². The second-order valence-electron chi connectivity index (χ2n) is 7.65. The fraction of sp³-hybridized carbons (Fsp3) is 0.208. The second-order valence-corrected chi connectivity index (χ2v) is 10.7. The lowest BCUT2D eigenvalue weighted by Gasteiger charge is -2.13. The van der Waals surface area contributed by atoms with Crippen molar-refractivity contribution in [3.05, 3.63) is 76.0 Å². The Labute approximate surface area is 210 Å². The third-order valence-electron chi connectivity index (χ3n) is 5.59. The predicted molar refractivity (Wildman–Crippen MR) is 131 cm³/mol. The number of H-pyrrole nitrogens is 1. The average molecular weight is 541 g/mol. The van der Waals surface area contributed by atoms with Crippen molar-refractivity contribution >= 4 is 44.1 Å². The number of hydrogen-bond acceptors (Lipinski definition) is 5. The zero-order chi connectivity index (χ0) is 25.3. The molecule has 1 unspecified atom stereocenters. The van der Waals surface area contributed by atoms with E-state index in [0.29, 0.717) is 22.4 Å². The number of alkyl halides is 2. The maximum Gasteiger partial charge on any atom is 0.387 e. The summed E-state index contributed by atoms with van der Waals surface area (Å²) in [6, 6.07) is 13.9.